The number of fused-ring (bicyclic) bond motifs is 1. The number of nitrogens with zero attached hydrogens (tertiary/aromatic N) is 2. The maximum absolute atomic E-state index is 11.8. The molecule has 20 heavy (non-hydrogen) atoms. The number of hydrogen-bond acceptors (Lipinski definition) is 4. The summed E-state index contributed by atoms with van der Waals surface area (Å²) in [6, 6.07) is 7.48. The molecule has 6 heteroatoms. The van der Waals surface area contributed by atoms with Gasteiger partial charge in [0.1, 0.15) is 0 Å². The fourth-order valence-corrected chi connectivity index (χ4v) is 2.21. The van der Waals surface area contributed by atoms with Gasteiger partial charge in [0, 0.05) is 18.9 Å². The average molecular weight is 276 g/mol. The Labute approximate surface area is 116 Å². The zero-order valence-corrected chi connectivity index (χ0v) is 11.6. The number of esters is 1. The van der Waals surface area contributed by atoms with Crippen LogP contribution in [0.4, 0.5) is 0 Å². The van der Waals surface area contributed by atoms with Crippen LogP contribution in [0.25, 0.3) is 10.9 Å². The Hall–Kier alpha value is -2.37. The van der Waals surface area contributed by atoms with Crippen LogP contribution in [-0.4, -0.2) is 33.9 Å². The molecule has 106 valence electrons. The van der Waals surface area contributed by atoms with E-state index in [-0.39, 0.29) is 6.42 Å². The third-order valence-electron chi connectivity index (χ3n) is 3.46. The monoisotopic (exact) mass is 276 g/mol. The fraction of sp³-hybridized carbons (Fsp3) is 0.357. The molecule has 2 aromatic rings. The molecular weight excluding hydrogens is 260 g/mol. The zero-order chi connectivity index (χ0) is 14.9. The van der Waals surface area contributed by atoms with Crippen molar-refractivity contribution in [2.45, 2.75) is 13.3 Å². The lowest BCUT2D eigenvalue weighted by Crippen LogP contribution is -2.39. The number of aromatic nitrogens is 2. The van der Waals surface area contributed by atoms with Crippen molar-refractivity contribution in [1.29, 1.82) is 0 Å². The summed E-state index contributed by atoms with van der Waals surface area (Å²) in [5.41, 5.74) is -0.190. The first-order valence-corrected chi connectivity index (χ1v) is 6.12. The molecule has 1 atom stereocenters. The van der Waals surface area contributed by atoms with Crippen molar-refractivity contribution in [2.24, 2.45) is 12.5 Å². The third kappa shape index (κ3) is 2.13. The molecule has 0 fully saturated rings. The number of carboxylic acid groups (broad SMARTS) is 1. The molecule has 2 rings (SSSR count). The van der Waals surface area contributed by atoms with Crippen LogP contribution in [0, 0.1) is 5.41 Å². The minimum absolute atomic E-state index is 0.0175. The average Bonchev–Trinajstić information content (AvgIpc) is 2.74. The number of rotatable bonds is 4. The van der Waals surface area contributed by atoms with Crippen LogP contribution in [0.3, 0.4) is 0 Å². The lowest BCUT2D eigenvalue weighted by Gasteiger charge is -2.20. The Morgan fingerprint density at radius 1 is 1.40 bits per heavy atom. The summed E-state index contributed by atoms with van der Waals surface area (Å²) in [6.45, 7) is 1.35. The van der Waals surface area contributed by atoms with E-state index in [2.05, 4.69) is 9.84 Å². The Bertz CT molecular complexity index is 677. The van der Waals surface area contributed by atoms with Gasteiger partial charge in [-0.25, -0.2) is 0 Å². The van der Waals surface area contributed by atoms with Crippen molar-refractivity contribution >= 4 is 22.8 Å². The molecule has 1 aromatic carbocycles. The molecule has 6 nitrogen and oxygen atoms in total. The van der Waals surface area contributed by atoms with Crippen LogP contribution in [0.5, 0.6) is 0 Å². The highest BCUT2D eigenvalue weighted by Gasteiger charge is 2.43. The molecule has 0 radical (unpaired) electrons. The maximum Gasteiger partial charge on any atom is 0.323 e. The van der Waals surface area contributed by atoms with Gasteiger partial charge in [0.2, 0.25) is 0 Å². The van der Waals surface area contributed by atoms with E-state index >= 15 is 0 Å². The molecule has 1 heterocycles. The topological polar surface area (TPSA) is 81.4 Å². The third-order valence-corrected chi connectivity index (χ3v) is 3.46. The second-order valence-electron chi connectivity index (χ2n) is 4.89. The number of carbonyl (C=O) groups is 2. The van der Waals surface area contributed by atoms with E-state index in [9.17, 15) is 14.7 Å². The van der Waals surface area contributed by atoms with Crippen LogP contribution >= 0.6 is 0 Å². The van der Waals surface area contributed by atoms with Crippen molar-refractivity contribution < 1.29 is 19.4 Å². The van der Waals surface area contributed by atoms with Gasteiger partial charge >= 0.3 is 11.9 Å². The molecule has 0 bridgehead atoms. The molecule has 0 amide bonds. The highest BCUT2D eigenvalue weighted by atomic mass is 16.5. The van der Waals surface area contributed by atoms with E-state index in [1.54, 1.807) is 11.7 Å². The van der Waals surface area contributed by atoms with E-state index in [0.717, 1.165) is 10.9 Å². The summed E-state index contributed by atoms with van der Waals surface area (Å²) in [5, 5.41) is 14.5. The summed E-state index contributed by atoms with van der Waals surface area (Å²) >= 11 is 0. The maximum atomic E-state index is 11.8. The molecule has 0 aliphatic rings. The van der Waals surface area contributed by atoms with Gasteiger partial charge in [0.05, 0.1) is 18.3 Å². The molecule has 1 N–H and O–H groups in total. The summed E-state index contributed by atoms with van der Waals surface area (Å²) < 4.78 is 6.28. The van der Waals surface area contributed by atoms with Gasteiger partial charge in [-0.3, -0.25) is 14.3 Å². The number of carboxylic acids is 1. The first-order chi connectivity index (χ1) is 9.40. The Morgan fingerprint density at radius 2 is 2.05 bits per heavy atom. The van der Waals surface area contributed by atoms with Gasteiger partial charge in [-0.05, 0) is 13.0 Å². The van der Waals surface area contributed by atoms with Crippen LogP contribution in [0.2, 0.25) is 0 Å². The Morgan fingerprint density at radius 3 is 2.65 bits per heavy atom. The number of ether oxygens (including phenoxy) is 1. The highest BCUT2D eigenvalue weighted by molar-refractivity contribution is 5.99. The van der Waals surface area contributed by atoms with Gasteiger partial charge in [-0.2, -0.15) is 5.10 Å². The molecule has 1 aromatic heterocycles. The minimum Gasteiger partial charge on any atom is -0.480 e. The smallest absolute Gasteiger partial charge is 0.323 e. The number of methoxy groups -OCH3 is 1. The SMILES string of the molecule is COC(=O)C(C)(Cc1nn(C)c2ccccc12)C(=O)O. The zero-order valence-electron chi connectivity index (χ0n) is 11.6. The van der Waals surface area contributed by atoms with E-state index < -0.39 is 17.4 Å². The van der Waals surface area contributed by atoms with Gasteiger partial charge in [0.25, 0.3) is 0 Å². The standard InChI is InChI=1S/C14H16N2O4/c1-14(12(17)18,13(19)20-3)8-10-9-6-4-5-7-11(9)16(2)15-10/h4-7H,8H2,1-3H3,(H,17,18). The number of aliphatic carboxylic acids is 1. The number of benzene rings is 1. The summed E-state index contributed by atoms with van der Waals surface area (Å²) in [5.74, 6) is -2.00. The largest absolute Gasteiger partial charge is 0.480 e. The molecule has 0 saturated carbocycles. The highest BCUT2D eigenvalue weighted by Crippen LogP contribution is 2.28. The van der Waals surface area contributed by atoms with E-state index in [4.69, 9.17) is 0 Å². The van der Waals surface area contributed by atoms with Gasteiger partial charge in [0.15, 0.2) is 5.41 Å². The van der Waals surface area contributed by atoms with Gasteiger partial charge in [-0.1, -0.05) is 18.2 Å². The molecule has 0 spiro atoms. The molecule has 0 aliphatic carbocycles. The predicted octanol–water partition coefficient (Wildman–Crippen LogP) is 1.38. The van der Waals surface area contributed by atoms with Crippen molar-refractivity contribution in [3.63, 3.8) is 0 Å². The molecule has 0 aliphatic heterocycles. The number of hydrogen-bond donors (Lipinski definition) is 1. The number of para-hydroxylation sites is 1. The number of carbonyl (C=O) groups excluding carboxylic acids is 1. The summed E-state index contributed by atoms with van der Waals surface area (Å²) in [6.07, 6.45) is -0.0175. The predicted molar refractivity (Wildman–Crippen MR) is 72.2 cm³/mol. The first-order valence-electron chi connectivity index (χ1n) is 6.12. The van der Waals surface area contributed by atoms with Crippen molar-refractivity contribution in [2.75, 3.05) is 7.11 Å². The van der Waals surface area contributed by atoms with Crippen molar-refractivity contribution in [3.05, 3.63) is 30.0 Å². The van der Waals surface area contributed by atoms with Crippen molar-refractivity contribution in [1.82, 2.24) is 9.78 Å². The van der Waals surface area contributed by atoms with Crippen LogP contribution in [0.15, 0.2) is 24.3 Å². The molecule has 0 saturated heterocycles. The molecular formula is C14H16N2O4. The number of aryl methyl sites for hydroxylation is 1. The fourth-order valence-electron chi connectivity index (χ4n) is 2.21. The normalized spacial score (nSPS) is 13.9. The van der Waals surface area contributed by atoms with E-state index in [1.807, 2.05) is 24.3 Å². The lowest BCUT2D eigenvalue weighted by molar-refractivity contribution is -0.165. The first kappa shape index (κ1) is 14.0. The Balaban J connectivity index is 2.50. The summed E-state index contributed by atoms with van der Waals surface area (Å²) in [4.78, 5) is 23.2. The second kappa shape index (κ2) is 4.96. The second-order valence-corrected chi connectivity index (χ2v) is 4.89. The van der Waals surface area contributed by atoms with E-state index in [1.165, 1.54) is 14.0 Å². The Kier molecular flexibility index (Phi) is 3.48. The van der Waals surface area contributed by atoms with Gasteiger partial charge < -0.3 is 9.84 Å². The summed E-state index contributed by atoms with van der Waals surface area (Å²) in [7, 11) is 2.96. The van der Waals surface area contributed by atoms with Gasteiger partial charge in [-0.15, -0.1) is 0 Å². The van der Waals surface area contributed by atoms with E-state index in [0.29, 0.717) is 5.69 Å². The van der Waals surface area contributed by atoms with Crippen LogP contribution < -0.4 is 0 Å². The lowest BCUT2D eigenvalue weighted by atomic mass is 9.85. The molecule has 1 unspecified atom stereocenters. The van der Waals surface area contributed by atoms with Crippen LogP contribution in [-0.2, 0) is 27.8 Å². The van der Waals surface area contributed by atoms with Crippen molar-refractivity contribution in [3.8, 4) is 0 Å². The van der Waals surface area contributed by atoms with Crippen LogP contribution in [0.1, 0.15) is 12.6 Å². The quantitative estimate of drug-likeness (QED) is 0.674. The minimum atomic E-state index is -1.65.